The number of pyridine rings is 1. The van der Waals surface area contributed by atoms with Gasteiger partial charge in [-0.2, -0.15) is 13.2 Å². The molecule has 0 bridgehead atoms. The fourth-order valence-corrected chi connectivity index (χ4v) is 1.67. The monoisotopic (exact) mass is 315 g/mol. The molecule has 0 unspecified atom stereocenters. The SMILES string of the molecule is O=C(Nc1cccc(Cl)c1)Nc1ccc(C(F)(F)F)cn1. The summed E-state index contributed by atoms with van der Waals surface area (Å²) in [5.41, 5.74) is -0.435. The minimum Gasteiger partial charge on any atom is -0.308 e. The number of nitrogens with one attached hydrogen (secondary N) is 2. The van der Waals surface area contributed by atoms with Crippen LogP contribution in [0.2, 0.25) is 5.02 Å². The summed E-state index contributed by atoms with van der Waals surface area (Å²) in [4.78, 5) is 15.2. The molecule has 0 aliphatic heterocycles. The smallest absolute Gasteiger partial charge is 0.308 e. The minimum absolute atomic E-state index is 0.00234. The highest BCUT2D eigenvalue weighted by Gasteiger charge is 2.30. The average Bonchev–Trinajstić information content (AvgIpc) is 2.38. The van der Waals surface area contributed by atoms with Crippen LogP contribution in [0.4, 0.5) is 29.5 Å². The number of nitrogens with zero attached hydrogens (tertiary/aromatic N) is 1. The lowest BCUT2D eigenvalue weighted by Crippen LogP contribution is -2.20. The van der Waals surface area contributed by atoms with Crippen molar-refractivity contribution in [2.45, 2.75) is 6.18 Å². The summed E-state index contributed by atoms with van der Waals surface area (Å²) in [5.74, 6) is 0.00234. The number of anilines is 2. The number of aromatic nitrogens is 1. The molecular formula is C13H9ClF3N3O. The van der Waals surface area contributed by atoms with Gasteiger partial charge in [-0.15, -0.1) is 0 Å². The maximum atomic E-state index is 12.4. The van der Waals surface area contributed by atoms with E-state index in [0.29, 0.717) is 16.9 Å². The highest BCUT2D eigenvalue weighted by molar-refractivity contribution is 6.30. The lowest BCUT2D eigenvalue weighted by Gasteiger charge is -2.09. The topological polar surface area (TPSA) is 54.0 Å². The van der Waals surface area contributed by atoms with Crippen molar-refractivity contribution in [3.63, 3.8) is 0 Å². The number of benzene rings is 1. The number of rotatable bonds is 2. The Bertz CT molecular complexity index is 644. The summed E-state index contributed by atoms with van der Waals surface area (Å²) in [6.45, 7) is 0. The highest BCUT2D eigenvalue weighted by Crippen LogP contribution is 2.28. The molecule has 0 fully saturated rings. The first-order chi connectivity index (χ1) is 9.84. The van der Waals surface area contributed by atoms with E-state index in [1.165, 1.54) is 6.07 Å². The molecule has 0 saturated carbocycles. The van der Waals surface area contributed by atoms with Crippen LogP contribution < -0.4 is 10.6 Å². The average molecular weight is 316 g/mol. The molecule has 4 nitrogen and oxygen atoms in total. The lowest BCUT2D eigenvalue weighted by atomic mass is 10.3. The summed E-state index contributed by atoms with van der Waals surface area (Å²) < 4.78 is 37.1. The quantitative estimate of drug-likeness (QED) is 0.863. The molecule has 2 rings (SSSR count). The molecule has 2 aromatic rings. The number of urea groups is 1. The van der Waals surface area contributed by atoms with E-state index in [9.17, 15) is 18.0 Å². The molecule has 21 heavy (non-hydrogen) atoms. The molecule has 0 aliphatic carbocycles. The molecule has 2 amide bonds. The summed E-state index contributed by atoms with van der Waals surface area (Å²) in [6, 6.07) is 7.70. The molecule has 110 valence electrons. The van der Waals surface area contributed by atoms with Gasteiger partial charge in [0.1, 0.15) is 5.82 Å². The molecule has 0 saturated heterocycles. The van der Waals surface area contributed by atoms with Crippen LogP contribution in [0, 0.1) is 0 Å². The zero-order valence-electron chi connectivity index (χ0n) is 10.4. The van der Waals surface area contributed by atoms with E-state index in [-0.39, 0.29) is 5.82 Å². The second kappa shape index (κ2) is 6.01. The van der Waals surface area contributed by atoms with Crippen molar-refractivity contribution in [2.24, 2.45) is 0 Å². The van der Waals surface area contributed by atoms with Crippen LogP contribution in [-0.2, 0) is 6.18 Å². The predicted molar refractivity (Wildman–Crippen MR) is 73.3 cm³/mol. The predicted octanol–water partition coefficient (Wildman–Crippen LogP) is 4.40. The molecule has 0 radical (unpaired) electrons. The van der Waals surface area contributed by atoms with Gasteiger partial charge in [0.25, 0.3) is 0 Å². The maximum Gasteiger partial charge on any atom is 0.417 e. The number of amides is 2. The molecule has 1 heterocycles. The Morgan fingerprint density at radius 3 is 2.48 bits per heavy atom. The fourth-order valence-electron chi connectivity index (χ4n) is 1.48. The van der Waals surface area contributed by atoms with Crippen LogP contribution in [-0.4, -0.2) is 11.0 Å². The van der Waals surface area contributed by atoms with E-state index < -0.39 is 17.8 Å². The van der Waals surface area contributed by atoms with E-state index in [0.717, 1.165) is 12.1 Å². The van der Waals surface area contributed by atoms with E-state index in [1.54, 1.807) is 18.2 Å². The van der Waals surface area contributed by atoms with Crippen LogP contribution in [0.1, 0.15) is 5.56 Å². The first-order valence-corrected chi connectivity index (χ1v) is 6.09. The number of hydrogen-bond donors (Lipinski definition) is 2. The molecule has 1 aromatic carbocycles. The summed E-state index contributed by atoms with van der Waals surface area (Å²) >= 11 is 5.76. The van der Waals surface area contributed by atoms with Crippen LogP contribution in [0.5, 0.6) is 0 Å². The summed E-state index contributed by atoms with van der Waals surface area (Å²) in [7, 11) is 0. The molecule has 0 aliphatic rings. The minimum atomic E-state index is -4.46. The van der Waals surface area contributed by atoms with E-state index in [1.807, 2.05) is 0 Å². The molecule has 0 spiro atoms. The van der Waals surface area contributed by atoms with Gasteiger partial charge in [0.2, 0.25) is 0 Å². The zero-order chi connectivity index (χ0) is 15.5. The Balaban J connectivity index is 2.00. The second-order valence-corrected chi connectivity index (χ2v) is 4.46. The maximum absolute atomic E-state index is 12.4. The Morgan fingerprint density at radius 1 is 1.14 bits per heavy atom. The van der Waals surface area contributed by atoms with Crippen LogP contribution in [0.25, 0.3) is 0 Å². The Labute approximate surface area is 122 Å². The van der Waals surface area contributed by atoms with Crippen molar-refractivity contribution in [2.75, 3.05) is 10.6 Å². The number of hydrogen-bond acceptors (Lipinski definition) is 2. The van der Waals surface area contributed by atoms with Gasteiger partial charge >= 0.3 is 12.2 Å². The Hall–Kier alpha value is -2.28. The van der Waals surface area contributed by atoms with Gasteiger partial charge in [-0.3, -0.25) is 5.32 Å². The van der Waals surface area contributed by atoms with Gasteiger partial charge in [-0.25, -0.2) is 9.78 Å². The molecular weight excluding hydrogens is 307 g/mol. The van der Waals surface area contributed by atoms with E-state index in [4.69, 9.17) is 11.6 Å². The van der Waals surface area contributed by atoms with Crippen molar-refractivity contribution < 1.29 is 18.0 Å². The van der Waals surface area contributed by atoms with Crippen LogP contribution in [0.3, 0.4) is 0 Å². The van der Waals surface area contributed by atoms with Crippen LogP contribution in [0.15, 0.2) is 42.6 Å². The largest absolute Gasteiger partial charge is 0.417 e. The molecule has 2 N–H and O–H groups in total. The first-order valence-electron chi connectivity index (χ1n) is 5.71. The first kappa shape index (κ1) is 15.1. The van der Waals surface area contributed by atoms with Crippen molar-refractivity contribution in [3.05, 3.63) is 53.2 Å². The van der Waals surface area contributed by atoms with Crippen molar-refractivity contribution >= 4 is 29.1 Å². The van der Waals surface area contributed by atoms with Gasteiger partial charge in [0, 0.05) is 16.9 Å². The number of carbonyl (C=O) groups excluding carboxylic acids is 1. The fraction of sp³-hybridized carbons (Fsp3) is 0.0769. The summed E-state index contributed by atoms with van der Waals surface area (Å²) in [5, 5.41) is 5.24. The third-order valence-corrected chi connectivity index (χ3v) is 2.65. The van der Waals surface area contributed by atoms with Crippen LogP contribution >= 0.6 is 11.6 Å². The Morgan fingerprint density at radius 2 is 1.90 bits per heavy atom. The van der Waals surface area contributed by atoms with E-state index in [2.05, 4.69) is 15.6 Å². The normalized spacial score (nSPS) is 11.0. The standard InChI is InChI=1S/C13H9ClF3N3O/c14-9-2-1-3-10(6-9)19-12(21)20-11-5-4-8(7-18-11)13(15,16)17/h1-7H,(H2,18,19,20,21). The van der Waals surface area contributed by atoms with E-state index >= 15 is 0 Å². The summed E-state index contributed by atoms with van der Waals surface area (Å²) in [6.07, 6.45) is -3.82. The van der Waals surface area contributed by atoms with Gasteiger partial charge in [-0.1, -0.05) is 17.7 Å². The zero-order valence-corrected chi connectivity index (χ0v) is 11.2. The van der Waals surface area contributed by atoms with Gasteiger partial charge < -0.3 is 5.32 Å². The number of halogens is 4. The van der Waals surface area contributed by atoms with Crippen molar-refractivity contribution in [1.29, 1.82) is 0 Å². The number of alkyl halides is 3. The number of carbonyl (C=O) groups is 1. The third kappa shape index (κ3) is 4.35. The molecule has 8 heteroatoms. The van der Waals surface area contributed by atoms with Gasteiger partial charge in [0.15, 0.2) is 0 Å². The van der Waals surface area contributed by atoms with Crippen molar-refractivity contribution in [1.82, 2.24) is 4.98 Å². The van der Waals surface area contributed by atoms with Gasteiger partial charge in [-0.05, 0) is 30.3 Å². The Kier molecular flexibility index (Phi) is 4.32. The van der Waals surface area contributed by atoms with Crippen molar-refractivity contribution in [3.8, 4) is 0 Å². The third-order valence-electron chi connectivity index (χ3n) is 2.41. The van der Waals surface area contributed by atoms with Gasteiger partial charge in [0.05, 0.1) is 5.56 Å². The second-order valence-electron chi connectivity index (χ2n) is 4.02. The molecule has 1 aromatic heterocycles. The highest BCUT2D eigenvalue weighted by atomic mass is 35.5. The lowest BCUT2D eigenvalue weighted by molar-refractivity contribution is -0.137. The molecule has 0 atom stereocenters.